The Kier molecular flexibility index (Phi) is 3.69. The molecule has 0 aliphatic heterocycles. The van der Waals surface area contributed by atoms with Crippen molar-refractivity contribution >= 4 is 11.6 Å². The van der Waals surface area contributed by atoms with E-state index in [-0.39, 0.29) is 5.91 Å². The van der Waals surface area contributed by atoms with Crippen molar-refractivity contribution in [2.45, 2.75) is 33.6 Å². The molecule has 14 heavy (non-hydrogen) atoms. The van der Waals surface area contributed by atoms with E-state index in [2.05, 4.69) is 31.3 Å². The second-order valence-corrected chi connectivity index (χ2v) is 3.38. The molecule has 0 saturated carbocycles. The number of hydrogen-bond donors (Lipinski definition) is 1. The molecule has 0 aliphatic carbocycles. The molecular formula is C12H17NO. The summed E-state index contributed by atoms with van der Waals surface area (Å²) in [4.78, 5) is 10.9. The molecule has 0 saturated heterocycles. The number of nitrogens with one attached hydrogen (secondary N) is 1. The van der Waals surface area contributed by atoms with Gasteiger partial charge in [-0.25, -0.2) is 0 Å². The molecule has 0 atom stereocenters. The maximum atomic E-state index is 10.9. The molecule has 2 heteroatoms. The zero-order valence-corrected chi connectivity index (χ0v) is 9.05. The Morgan fingerprint density at radius 1 is 1.29 bits per heavy atom. The van der Waals surface area contributed by atoms with Crippen molar-refractivity contribution in [2.75, 3.05) is 5.32 Å². The molecule has 1 rings (SSSR count). The minimum atomic E-state index is -0.0102. The largest absolute Gasteiger partial charge is 0.326 e. The predicted octanol–water partition coefficient (Wildman–Crippen LogP) is 2.77. The van der Waals surface area contributed by atoms with Crippen molar-refractivity contribution in [3.05, 3.63) is 29.3 Å². The Morgan fingerprint density at radius 3 is 2.50 bits per heavy atom. The van der Waals surface area contributed by atoms with Crippen LogP contribution in [0.5, 0.6) is 0 Å². The van der Waals surface area contributed by atoms with E-state index in [9.17, 15) is 4.79 Å². The summed E-state index contributed by atoms with van der Waals surface area (Å²) in [5, 5.41) is 2.84. The zero-order valence-electron chi connectivity index (χ0n) is 9.05. The lowest BCUT2D eigenvalue weighted by Gasteiger charge is -2.09. The minimum Gasteiger partial charge on any atom is -0.326 e. The van der Waals surface area contributed by atoms with Crippen LogP contribution < -0.4 is 5.32 Å². The first kappa shape index (κ1) is 10.8. The Hall–Kier alpha value is -1.31. The lowest BCUT2D eigenvalue weighted by Crippen LogP contribution is -2.08. The van der Waals surface area contributed by atoms with Crippen LogP contribution in [0, 0.1) is 0 Å². The normalized spacial score (nSPS) is 9.93. The Bertz CT molecular complexity index is 331. The molecule has 1 aromatic rings. The second-order valence-electron chi connectivity index (χ2n) is 3.38. The molecule has 1 aromatic carbocycles. The number of anilines is 1. The molecular weight excluding hydrogens is 174 g/mol. The number of hydrogen-bond acceptors (Lipinski definition) is 1. The van der Waals surface area contributed by atoms with Crippen LogP contribution in [0.3, 0.4) is 0 Å². The second kappa shape index (κ2) is 4.80. The van der Waals surface area contributed by atoms with Crippen LogP contribution in [-0.4, -0.2) is 5.91 Å². The summed E-state index contributed by atoms with van der Waals surface area (Å²) in [6, 6.07) is 6.20. The van der Waals surface area contributed by atoms with Crippen LogP contribution in [-0.2, 0) is 17.6 Å². The van der Waals surface area contributed by atoms with Crippen molar-refractivity contribution in [3.63, 3.8) is 0 Å². The van der Waals surface area contributed by atoms with Crippen LogP contribution in [0.1, 0.15) is 31.9 Å². The first-order valence-corrected chi connectivity index (χ1v) is 5.06. The van der Waals surface area contributed by atoms with Crippen LogP contribution >= 0.6 is 0 Å². The summed E-state index contributed by atoms with van der Waals surface area (Å²) in [6.07, 6.45) is 1.98. The van der Waals surface area contributed by atoms with E-state index in [1.807, 2.05) is 6.07 Å². The highest BCUT2D eigenvalue weighted by molar-refractivity contribution is 5.89. The fraction of sp³-hybridized carbons (Fsp3) is 0.417. The summed E-state index contributed by atoms with van der Waals surface area (Å²) in [5.41, 5.74) is 3.47. The van der Waals surface area contributed by atoms with Crippen molar-refractivity contribution in [3.8, 4) is 0 Å². The Labute approximate surface area is 85.3 Å². The van der Waals surface area contributed by atoms with Gasteiger partial charge in [-0.05, 0) is 30.0 Å². The third-order valence-electron chi connectivity index (χ3n) is 2.27. The van der Waals surface area contributed by atoms with Gasteiger partial charge in [0.15, 0.2) is 0 Å². The molecule has 2 nitrogen and oxygen atoms in total. The average molecular weight is 191 g/mol. The van der Waals surface area contributed by atoms with Gasteiger partial charge in [0.05, 0.1) is 0 Å². The zero-order chi connectivity index (χ0) is 10.6. The molecule has 0 heterocycles. The number of amides is 1. The van der Waals surface area contributed by atoms with E-state index in [0.717, 1.165) is 18.5 Å². The monoisotopic (exact) mass is 191 g/mol. The van der Waals surface area contributed by atoms with E-state index in [1.54, 1.807) is 0 Å². The van der Waals surface area contributed by atoms with E-state index < -0.39 is 0 Å². The minimum absolute atomic E-state index is 0.0102. The van der Waals surface area contributed by atoms with Gasteiger partial charge in [-0.2, -0.15) is 0 Å². The molecule has 1 N–H and O–H groups in total. The summed E-state index contributed by atoms with van der Waals surface area (Å²) in [5.74, 6) is -0.0102. The van der Waals surface area contributed by atoms with Gasteiger partial charge in [0, 0.05) is 12.6 Å². The van der Waals surface area contributed by atoms with Crippen LogP contribution in [0.25, 0.3) is 0 Å². The highest BCUT2D eigenvalue weighted by Crippen LogP contribution is 2.18. The lowest BCUT2D eigenvalue weighted by atomic mass is 10.0. The lowest BCUT2D eigenvalue weighted by molar-refractivity contribution is -0.114. The maximum Gasteiger partial charge on any atom is 0.221 e. The maximum absolute atomic E-state index is 10.9. The molecule has 0 spiro atoms. The Balaban J connectivity index is 2.98. The van der Waals surface area contributed by atoms with E-state index in [1.165, 1.54) is 18.1 Å². The number of aryl methyl sites for hydroxylation is 2. The molecule has 0 aromatic heterocycles. The van der Waals surface area contributed by atoms with Crippen LogP contribution in [0.15, 0.2) is 18.2 Å². The summed E-state index contributed by atoms with van der Waals surface area (Å²) in [7, 11) is 0. The summed E-state index contributed by atoms with van der Waals surface area (Å²) in [6.45, 7) is 5.76. The molecule has 1 amide bonds. The standard InChI is InChI=1S/C12H17NO/c1-4-10-6-7-12(13-9(3)14)11(5-2)8-10/h6-8H,4-5H2,1-3H3,(H,13,14). The molecule has 0 unspecified atom stereocenters. The number of carbonyl (C=O) groups is 1. The van der Waals surface area contributed by atoms with Gasteiger partial charge < -0.3 is 5.32 Å². The smallest absolute Gasteiger partial charge is 0.221 e. The number of benzene rings is 1. The topological polar surface area (TPSA) is 29.1 Å². The fourth-order valence-electron chi connectivity index (χ4n) is 1.47. The van der Waals surface area contributed by atoms with Crippen molar-refractivity contribution in [1.82, 2.24) is 0 Å². The molecule has 0 aliphatic rings. The third kappa shape index (κ3) is 2.59. The first-order valence-electron chi connectivity index (χ1n) is 5.06. The van der Waals surface area contributed by atoms with Gasteiger partial charge in [0.25, 0.3) is 0 Å². The van der Waals surface area contributed by atoms with E-state index >= 15 is 0 Å². The van der Waals surface area contributed by atoms with Gasteiger partial charge in [-0.15, -0.1) is 0 Å². The summed E-state index contributed by atoms with van der Waals surface area (Å²) < 4.78 is 0. The van der Waals surface area contributed by atoms with E-state index in [4.69, 9.17) is 0 Å². The molecule has 0 bridgehead atoms. The SMILES string of the molecule is CCc1ccc(NC(C)=O)c(CC)c1. The van der Waals surface area contributed by atoms with Gasteiger partial charge in [-0.1, -0.05) is 26.0 Å². The van der Waals surface area contributed by atoms with Gasteiger partial charge in [-0.3, -0.25) is 4.79 Å². The average Bonchev–Trinajstić information content (AvgIpc) is 2.17. The van der Waals surface area contributed by atoms with Crippen LogP contribution in [0.4, 0.5) is 5.69 Å². The molecule has 0 fully saturated rings. The van der Waals surface area contributed by atoms with Gasteiger partial charge >= 0.3 is 0 Å². The third-order valence-corrected chi connectivity index (χ3v) is 2.27. The van der Waals surface area contributed by atoms with Crippen molar-refractivity contribution in [1.29, 1.82) is 0 Å². The predicted molar refractivity (Wildman–Crippen MR) is 59.5 cm³/mol. The number of rotatable bonds is 3. The highest BCUT2D eigenvalue weighted by Gasteiger charge is 2.02. The van der Waals surface area contributed by atoms with Gasteiger partial charge in [0.2, 0.25) is 5.91 Å². The van der Waals surface area contributed by atoms with E-state index in [0.29, 0.717) is 0 Å². The molecule has 76 valence electrons. The fourth-order valence-corrected chi connectivity index (χ4v) is 1.47. The highest BCUT2D eigenvalue weighted by atomic mass is 16.1. The Morgan fingerprint density at radius 2 is 2.00 bits per heavy atom. The van der Waals surface area contributed by atoms with Crippen LogP contribution in [0.2, 0.25) is 0 Å². The first-order chi connectivity index (χ1) is 6.67. The number of carbonyl (C=O) groups excluding carboxylic acids is 1. The van der Waals surface area contributed by atoms with Gasteiger partial charge in [0.1, 0.15) is 0 Å². The quantitative estimate of drug-likeness (QED) is 0.782. The molecule has 0 radical (unpaired) electrons. The van der Waals surface area contributed by atoms with Crippen molar-refractivity contribution < 1.29 is 4.79 Å². The summed E-state index contributed by atoms with van der Waals surface area (Å²) >= 11 is 0. The van der Waals surface area contributed by atoms with Crippen molar-refractivity contribution in [2.24, 2.45) is 0 Å².